The Bertz CT molecular complexity index is 825. The topological polar surface area (TPSA) is 54.4 Å². The van der Waals surface area contributed by atoms with Crippen molar-refractivity contribution in [3.63, 3.8) is 0 Å². The summed E-state index contributed by atoms with van der Waals surface area (Å²) in [7, 11) is 3.22. The van der Waals surface area contributed by atoms with E-state index in [0.29, 0.717) is 31.3 Å². The number of benzene rings is 2. The maximum atomic E-state index is 10.4. The van der Waals surface area contributed by atoms with Crippen LogP contribution < -0.4 is 14.4 Å². The molecule has 1 aliphatic heterocycles. The van der Waals surface area contributed by atoms with Crippen molar-refractivity contribution >= 4 is 17.3 Å². The van der Waals surface area contributed by atoms with Crippen molar-refractivity contribution in [3.05, 3.63) is 52.5 Å². The monoisotopic (exact) mass is 434 g/mol. The van der Waals surface area contributed by atoms with Crippen LogP contribution in [0.4, 0.5) is 5.69 Å². The molecule has 0 amide bonds. The predicted molar refractivity (Wildman–Crippen MR) is 120 cm³/mol. The normalized spacial score (nSPS) is 15.8. The van der Waals surface area contributed by atoms with Gasteiger partial charge in [0.05, 0.1) is 33.5 Å². The van der Waals surface area contributed by atoms with Gasteiger partial charge in [-0.3, -0.25) is 4.90 Å². The van der Waals surface area contributed by atoms with Gasteiger partial charge in [0, 0.05) is 43.4 Å². The number of anilines is 1. The maximum absolute atomic E-state index is 10.4. The average Bonchev–Trinajstić information content (AvgIpc) is 2.76. The minimum absolute atomic E-state index is 0.294. The van der Waals surface area contributed by atoms with Crippen molar-refractivity contribution in [1.29, 1.82) is 0 Å². The van der Waals surface area contributed by atoms with Crippen molar-refractivity contribution in [2.45, 2.75) is 19.6 Å². The standard InChI is InChI=1S/C23H31ClN2O4/c1-17-4-6-19(24)13-21(17)26-10-8-25(9-11-26)14-20(27)16-30-15-18-5-7-22(28-2)23(12-18)29-3/h4-7,12-13,20,27H,8-11,14-16H2,1-3H3/t20-/m1/s1. The van der Waals surface area contributed by atoms with Crippen molar-refractivity contribution in [2.24, 2.45) is 0 Å². The number of rotatable bonds is 9. The quantitative estimate of drug-likeness (QED) is 0.653. The SMILES string of the molecule is COc1ccc(COC[C@H](O)CN2CCN(c3cc(Cl)ccc3C)CC2)cc1OC. The molecule has 0 radical (unpaired) electrons. The smallest absolute Gasteiger partial charge is 0.161 e. The van der Waals surface area contributed by atoms with E-state index in [1.165, 1.54) is 11.3 Å². The van der Waals surface area contributed by atoms with Crippen LogP contribution in [0.3, 0.4) is 0 Å². The molecule has 1 atom stereocenters. The van der Waals surface area contributed by atoms with Gasteiger partial charge in [-0.25, -0.2) is 0 Å². The number of aliphatic hydroxyl groups is 1. The minimum atomic E-state index is -0.524. The number of β-amino-alcohol motifs (C(OH)–C–C–N with tert-alkyl or cyclic N) is 1. The number of ether oxygens (including phenoxy) is 3. The summed E-state index contributed by atoms with van der Waals surface area (Å²) in [6, 6.07) is 11.7. The molecule has 1 saturated heterocycles. The van der Waals surface area contributed by atoms with Gasteiger partial charge in [0.25, 0.3) is 0 Å². The fourth-order valence-corrected chi connectivity index (χ4v) is 3.89. The number of methoxy groups -OCH3 is 2. The van der Waals surface area contributed by atoms with Gasteiger partial charge in [-0.15, -0.1) is 0 Å². The lowest BCUT2D eigenvalue weighted by atomic mass is 10.1. The Morgan fingerprint density at radius 3 is 2.43 bits per heavy atom. The van der Waals surface area contributed by atoms with Gasteiger partial charge in [-0.05, 0) is 42.3 Å². The molecule has 30 heavy (non-hydrogen) atoms. The second kappa shape index (κ2) is 10.9. The molecule has 2 aromatic rings. The number of aliphatic hydroxyl groups excluding tert-OH is 1. The molecular weight excluding hydrogens is 404 g/mol. The molecule has 0 aromatic heterocycles. The van der Waals surface area contributed by atoms with Crippen LogP contribution in [-0.2, 0) is 11.3 Å². The summed E-state index contributed by atoms with van der Waals surface area (Å²) in [5.41, 5.74) is 3.41. The molecule has 3 rings (SSSR count). The molecule has 7 heteroatoms. The van der Waals surface area contributed by atoms with Gasteiger partial charge < -0.3 is 24.2 Å². The van der Waals surface area contributed by atoms with Crippen LogP contribution in [-0.4, -0.2) is 69.7 Å². The largest absolute Gasteiger partial charge is 0.493 e. The lowest BCUT2D eigenvalue weighted by molar-refractivity contribution is 0.00909. The van der Waals surface area contributed by atoms with E-state index in [9.17, 15) is 5.11 Å². The number of hydrogen-bond donors (Lipinski definition) is 1. The van der Waals surface area contributed by atoms with Crippen LogP contribution >= 0.6 is 11.6 Å². The third kappa shape index (κ3) is 6.01. The van der Waals surface area contributed by atoms with Crippen LogP contribution in [0.2, 0.25) is 5.02 Å². The minimum Gasteiger partial charge on any atom is -0.493 e. The first kappa shape index (κ1) is 22.7. The highest BCUT2D eigenvalue weighted by molar-refractivity contribution is 6.30. The molecule has 0 aliphatic carbocycles. The molecule has 0 unspecified atom stereocenters. The van der Waals surface area contributed by atoms with Gasteiger partial charge in [0.15, 0.2) is 11.5 Å². The van der Waals surface area contributed by atoms with Gasteiger partial charge in [-0.1, -0.05) is 23.7 Å². The Morgan fingerprint density at radius 2 is 1.73 bits per heavy atom. The maximum Gasteiger partial charge on any atom is 0.161 e. The van der Waals surface area contributed by atoms with Crippen LogP contribution in [0, 0.1) is 6.92 Å². The third-order valence-corrected chi connectivity index (χ3v) is 5.62. The second-order valence-electron chi connectivity index (χ2n) is 7.58. The van der Waals surface area contributed by atoms with Crippen LogP contribution in [0.5, 0.6) is 11.5 Å². The summed E-state index contributed by atoms with van der Waals surface area (Å²) in [6.07, 6.45) is -0.524. The molecule has 1 fully saturated rings. The lowest BCUT2D eigenvalue weighted by Crippen LogP contribution is -2.49. The molecule has 0 bridgehead atoms. The second-order valence-corrected chi connectivity index (χ2v) is 8.01. The molecule has 1 N–H and O–H groups in total. The number of aryl methyl sites for hydroxylation is 1. The summed E-state index contributed by atoms with van der Waals surface area (Å²) < 4.78 is 16.3. The van der Waals surface area contributed by atoms with E-state index >= 15 is 0 Å². The number of hydrogen-bond acceptors (Lipinski definition) is 6. The summed E-state index contributed by atoms with van der Waals surface area (Å²) >= 11 is 6.16. The zero-order valence-corrected chi connectivity index (χ0v) is 18.7. The summed E-state index contributed by atoms with van der Waals surface area (Å²) in [5, 5.41) is 11.1. The van der Waals surface area contributed by atoms with E-state index in [1.807, 2.05) is 30.3 Å². The highest BCUT2D eigenvalue weighted by Crippen LogP contribution is 2.28. The summed E-state index contributed by atoms with van der Waals surface area (Å²) in [6.45, 7) is 7.06. The van der Waals surface area contributed by atoms with Crippen molar-refractivity contribution < 1.29 is 19.3 Å². The van der Waals surface area contributed by atoms with Crippen molar-refractivity contribution in [3.8, 4) is 11.5 Å². The van der Waals surface area contributed by atoms with Gasteiger partial charge in [0.2, 0.25) is 0 Å². The Morgan fingerprint density at radius 1 is 1.00 bits per heavy atom. The molecule has 0 spiro atoms. The van der Waals surface area contributed by atoms with Crippen LogP contribution in [0.1, 0.15) is 11.1 Å². The first-order valence-electron chi connectivity index (χ1n) is 10.2. The number of nitrogens with zero attached hydrogens (tertiary/aromatic N) is 2. The van der Waals surface area contributed by atoms with E-state index < -0.39 is 6.10 Å². The number of halogens is 1. The van der Waals surface area contributed by atoms with E-state index in [0.717, 1.165) is 36.8 Å². The van der Waals surface area contributed by atoms with Crippen molar-refractivity contribution in [2.75, 3.05) is 58.5 Å². The lowest BCUT2D eigenvalue weighted by Gasteiger charge is -2.37. The molecule has 6 nitrogen and oxygen atoms in total. The molecule has 0 saturated carbocycles. The zero-order valence-electron chi connectivity index (χ0n) is 17.9. The fourth-order valence-electron chi connectivity index (χ4n) is 3.73. The Kier molecular flexibility index (Phi) is 8.22. The third-order valence-electron chi connectivity index (χ3n) is 5.38. The first-order valence-corrected chi connectivity index (χ1v) is 10.6. The van der Waals surface area contributed by atoms with E-state index in [2.05, 4.69) is 22.8 Å². The van der Waals surface area contributed by atoms with E-state index in [-0.39, 0.29) is 0 Å². The average molecular weight is 435 g/mol. The van der Waals surface area contributed by atoms with Crippen LogP contribution in [0.15, 0.2) is 36.4 Å². The highest BCUT2D eigenvalue weighted by Gasteiger charge is 2.20. The van der Waals surface area contributed by atoms with Crippen LogP contribution in [0.25, 0.3) is 0 Å². The Balaban J connectivity index is 1.41. The fraction of sp³-hybridized carbons (Fsp3) is 0.478. The Labute approximate surface area is 183 Å². The molecule has 2 aromatic carbocycles. The van der Waals surface area contributed by atoms with E-state index in [1.54, 1.807) is 14.2 Å². The first-order chi connectivity index (χ1) is 14.5. The number of piperazine rings is 1. The predicted octanol–water partition coefficient (Wildman–Crippen LogP) is 3.37. The van der Waals surface area contributed by atoms with Gasteiger partial charge >= 0.3 is 0 Å². The van der Waals surface area contributed by atoms with E-state index in [4.69, 9.17) is 25.8 Å². The Hall–Kier alpha value is -1.99. The summed E-state index contributed by atoms with van der Waals surface area (Å²) in [5.74, 6) is 1.36. The molecular formula is C23H31ClN2O4. The summed E-state index contributed by atoms with van der Waals surface area (Å²) in [4.78, 5) is 4.64. The van der Waals surface area contributed by atoms with Gasteiger partial charge in [-0.2, -0.15) is 0 Å². The molecule has 1 heterocycles. The zero-order chi connectivity index (χ0) is 21.5. The molecule has 164 valence electrons. The molecule has 1 aliphatic rings. The highest BCUT2D eigenvalue weighted by atomic mass is 35.5. The van der Waals surface area contributed by atoms with Gasteiger partial charge in [0.1, 0.15) is 0 Å². The van der Waals surface area contributed by atoms with Crippen molar-refractivity contribution in [1.82, 2.24) is 4.90 Å².